The van der Waals surface area contributed by atoms with Gasteiger partial charge in [-0.1, -0.05) is 43.3 Å². The van der Waals surface area contributed by atoms with Crippen LogP contribution in [0.5, 0.6) is 0 Å². The Bertz CT molecular complexity index is 668. The van der Waals surface area contributed by atoms with Crippen molar-refractivity contribution in [2.75, 3.05) is 11.4 Å². The zero-order valence-corrected chi connectivity index (χ0v) is 13.2. The first-order valence-corrected chi connectivity index (χ1v) is 8.04. The highest BCUT2D eigenvalue weighted by molar-refractivity contribution is 7.80. The number of fused-ring (bicyclic) bond motifs is 1. The van der Waals surface area contributed by atoms with Gasteiger partial charge < -0.3 is 10.6 Å². The number of hydrogen-bond acceptors (Lipinski definition) is 3. The number of thiocarbonyl (C=S) groups is 1. The molecule has 0 radical (unpaired) electrons. The van der Waals surface area contributed by atoms with E-state index in [9.17, 15) is 0 Å². The number of hydrogen-bond donors (Lipinski definition) is 1. The van der Waals surface area contributed by atoms with Crippen molar-refractivity contribution >= 4 is 33.9 Å². The van der Waals surface area contributed by atoms with Crippen LogP contribution in [0.4, 0.5) is 5.82 Å². The van der Waals surface area contributed by atoms with Crippen LogP contribution in [-0.2, 0) is 0 Å². The third-order valence-electron chi connectivity index (χ3n) is 4.32. The number of anilines is 1. The molecule has 0 aliphatic carbocycles. The van der Waals surface area contributed by atoms with Gasteiger partial charge in [0.2, 0.25) is 0 Å². The van der Waals surface area contributed by atoms with Gasteiger partial charge in [-0.2, -0.15) is 0 Å². The smallest absolute Gasteiger partial charge is 0.130 e. The first-order valence-electron chi connectivity index (χ1n) is 7.63. The van der Waals surface area contributed by atoms with Crippen LogP contribution in [-0.4, -0.2) is 22.6 Å². The number of nitrogens with two attached hydrogens (primary N) is 1. The molecule has 1 aromatic carbocycles. The summed E-state index contributed by atoms with van der Waals surface area (Å²) in [6, 6.07) is 10.6. The molecule has 3 nitrogen and oxygen atoms in total. The summed E-state index contributed by atoms with van der Waals surface area (Å²) in [5.41, 5.74) is 7.83. The van der Waals surface area contributed by atoms with Gasteiger partial charge in [-0.3, -0.25) is 0 Å². The summed E-state index contributed by atoms with van der Waals surface area (Å²) in [6.45, 7) is 3.34. The van der Waals surface area contributed by atoms with Crippen LogP contribution < -0.4 is 10.6 Å². The summed E-state index contributed by atoms with van der Waals surface area (Å²) in [7, 11) is 0. The van der Waals surface area contributed by atoms with Gasteiger partial charge in [-0.05, 0) is 31.9 Å². The zero-order valence-electron chi connectivity index (χ0n) is 12.4. The maximum Gasteiger partial charge on any atom is 0.130 e. The van der Waals surface area contributed by atoms with Gasteiger partial charge in [0.15, 0.2) is 0 Å². The highest BCUT2D eigenvalue weighted by Crippen LogP contribution is 2.27. The molecule has 0 spiro atoms. The van der Waals surface area contributed by atoms with Crippen molar-refractivity contribution in [3.63, 3.8) is 0 Å². The van der Waals surface area contributed by atoms with Crippen molar-refractivity contribution in [3.8, 4) is 0 Å². The summed E-state index contributed by atoms with van der Waals surface area (Å²) in [5, 5.41) is 1.04. The fourth-order valence-corrected chi connectivity index (χ4v) is 3.30. The fraction of sp³-hybridized carbons (Fsp3) is 0.412. The lowest BCUT2D eigenvalue weighted by Gasteiger charge is -2.29. The van der Waals surface area contributed by atoms with Crippen LogP contribution in [0.2, 0.25) is 0 Å². The molecule has 1 aromatic heterocycles. The van der Waals surface area contributed by atoms with Crippen LogP contribution in [0.25, 0.3) is 10.9 Å². The average Bonchev–Trinajstić information content (AvgIpc) is 2.70. The van der Waals surface area contributed by atoms with E-state index >= 15 is 0 Å². The van der Waals surface area contributed by atoms with Crippen LogP contribution >= 0.6 is 12.2 Å². The van der Waals surface area contributed by atoms with Crippen molar-refractivity contribution in [1.82, 2.24) is 4.98 Å². The summed E-state index contributed by atoms with van der Waals surface area (Å²) >= 11 is 5.24. The van der Waals surface area contributed by atoms with E-state index in [1.165, 1.54) is 25.7 Å². The van der Waals surface area contributed by atoms with Crippen LogP contribution in [0, 0.1) is 0 Å². The molecule has 21 heavy (non-hydrogen) atoms. The van der Waals surface area contributed by atoms with Gasteiger partial charge in [-0.15, -0.1) is 0 Å². The molecule has 0 amide bonds. The Kier molecular flexibility index (Phi) is 4.06. The molecule has 2 aromatic rings. The van der Waals surface area contributed by atoms with E-state index in [0.29, 0.717) is 11.0 Å². The van der Waals surface area contributed by atoms with E-state index in [-0.39, 0.29) is 0 Å². The van der Waals surface area contributed by atoms with Crippen molar-refractivity contribution < 1.29 is 0 Å². The molecule has 1 fully saturated rings. The quantitative estimate of drug-likeness (QED) is 0.860. The summed E-state index contributed by atoms with van der Waals surface area (Å²) in [4.78, 5) is 7.69. The predicted octanol–water partition coefficient (Wildman–Crippen LogP) is 3.64. The van der Waals surface area contributed by atoms with Gasteiger partial charge in [0.25, 0.3) is 0 Å². The lowest BCUT2D eigenvalue weighted by molar-refractivity contribution is 0.612. The van der Waals surface area contributed by atoms with E-state index in [1.54, 1.807) is 0 Å². The Morgan fingerprint density at radius 2 is 2.10 bits per heavy atom. The van der Waals surface area contributed by atoms with Gasteiger partial charge in [0, 0.05) is 23.5 Å². The van der Waals surface area contributed by atoms with Crippen molar-refractivity contribution in [2.24, 2.45) is 5.73 Å². The van der Waals surface area contributed by atoms with Crippen LogP contribution in [0.1, 0.15) is 38.2 Å². The maximum absolute atomic E-state index is 5.93. The summed E-state index contributed by atoms with van der Waals surface area (Å²) in [6.07, 6.45) is 5.04. The number of rotatable bonds is 2. The van der Waals surface area contributed by atoms with Gasteiger partial charge in [0.05, 0.1) is 5.52 Å². The fourth-order valence-electron chi connectivity index (χ4n) is 3.13. The van der Waals surface area contributed by atoms with Crippen molar-refractivity contribution in [1.29, 1.82) is 0 Å². The van der Waals surface area contributed by atoms with E-state index in [2.05, 4.69) is 17.9 Å². The van der Waals surface area contributed by atoms with Gasteiger partial charge in [0.1, 0.15) is 10.8 Å². The topological polar surface area (TPSA) is 42.1 Å². The molecular formula is C17H21N3S. The van der Waals surface area contributed by atoms with Crippen LogP contribution in [0.3, 0.4) is 0 Å². The first kappa shape index (κ1) is 14.3. The number of aromatic nitrogens is 1. The minimum Gasteiger partial charge on any atom is -0.389 e. The Hall–Kier alpha value is -1.68. The molecule has 1 aliphatic rings. The number of benzene rings is 1. The Labute approximate surface area is 131 Å². The molecular weight excluding hydrogens is 278 g/mol. The lowest BCUT2D eigenvalue weighted by atomic mass is 10.1. The standard InChI is InChI=1S/C17H21N3S/c1-12-7-3-2-6-10-20(12)16-11-14(17(18)21)13-8-4-5-9-15(13)19-16/h4-5,8-9,11-12H,2-3,6-7,10H2,1H3,(H2,18,21). The second-order valence-electron chi connectivity index (χ2n) is 5.80. The monoisotopic (exact) mass is 299 g/mol. The normalized spacial score (nSPS) is 19.5. The average molecular weight is 299 g/mol. The van der Waals surface area contributed by atoms with Crippen molar-refractivity contribution in [3.05, 3.63) is 35.9 Å². The van der Waals surface area contributed by atoms with Gasteiger partial charge in [-0.25, -0.2) is 4.98 Å². The second-order valence-corrected chi connectivity index (χ2v) is 6.24. The van der Waals surface area contributed by atoms with Crippen LogP contribution in [0.15, 0.2) is 30.3 Å². The summed E-state index contributed by atoms with van der Waals surface area (Å²) in [5.74, 6) is 1.01. The molecule has 4 heteroatoms. The van der Waals surface area contributed by atoms with Gasteiger partial charge >= 0.3 is 0 Å². The van der Waals surface area contributed by atoms with E-state index in [4.69, 9.17) is 22.9 Å². The third kappa shape index (κ3) is 2.86. The van der Waals surface area contributed by atoms with E-state index in [1.807, 2.05) is 24.3 Å². The summed E-state index contributed by atoms with van der Waals surface area (Å²) < 4.78 is 0. The molecule has 110 valence electrons. The lowest BCUT2D eigenvalue weighted by Crippen LogP contribution is -2.33. The Balaban J connectivity index is 2.12. The molecule has 3 rings (SSSR count). The molecule has 1 saturated heterocycles. The highest BCUT2D eigenvalue weighted by Gasteiger charge is 2.20. The largest absolute Gasteiger partial charge is 0.389 e. The number of nitrogens with zero attached hydrogens (tertiary/aromatic N) is 2. The molecule has 0 saturated carbocycles. The van der Waals surface area contributed by atoms with E-state index in [0.717, 1.165) is 28.8 Å². The molecule has 2 N–H and O–H groups in total. The maximum atomic E-state index is 5.93. The Morgan fingerprint density at radius 1 is 1.29 bits per heavy atom. The predicted molar refractivity (Wildman–Crippen MR) is 92.9 cm³/mol. The number of para-hydroxylation sites is 1. The molecule has 1 unspecified atom stereocenters. The minimum atomic E-state index is 0.442. The minimum absolute atomic E-state index is 0.442. The first-order chi connectivity index (χ1) is 10.2. The SMILES string of the molecule is CC1CCCCCN1c1cc(C(N)=S)c2ccccc2n1. The Morgan fingerprint density at radius 3 is 2.90 bits per heavy atom. The molecule has 1 atom stereocenters. The molecule has 2 heterocycles. The third-order valence-corrected chi connectivity index (χ3v) is 4.54. The molecule has 0 bridgehead atoms. The molecule has 1 aliphatic heterocycles. The van der Waals surface area contributed by atoms with E-state index < -0.39 is 0 Å². The highest BCUT2D eigenvalue weighted by atomic mass is 32.1. The zero-order chi connectivity index (χ0) is 14.8. The van der Waals surface area contributed by atoms with Crippen molar-refractivity contribution in [2.45, 2.75) is 38.6 Å². The number of pyridine rings is 1. The second kappa shape index (κ2) is 5.98.